The normalized spacial score (nSPS) is 8.93. The molecule has 1 aromatic heterocycles. The van der Waals surface area contributed by atoms with Crippen LogP contribution in [0, 0.1) is 11.8 Å². The van der Waals surface area contributed by atoms with Gasteiger partial charge in [0.25, 0.3) is 0 Å². The van der Waals surface area contributed by atoms with E-state index in [2.05, 4.69) is 11.8 Å². The average Bonchev–Trinajstić information content (AvgIpc) is 2.52. The molecule has 0 radical (unpaired) electrons. The number of ketones is 1. The molecule has 1 heterocycles. The van der Waals surface area contributed by atoms with Gasteiger partial charge < -0.3 is 5.11 Å². The van der Waals surface area contributed by atoms with Gasteiger partial charge in [0.2, 0.25) is 0 Å². The topological polar surface area (TPSA) is 54.4 Å². The molecule has 0 aromatic carbocycles. The third kappa shape index (κ3) is 3.04. The molecule has 0 bridgehead atoms. The monoisotopic (exact) mass is 208 g/mol. The maximum Gasteiger partial charge on any atom is 0.315 e. The summed E-state index contributed by atoms with van der Waals surface area (Å²) in [5.74, 6) is 4.25. The summed E-state index contributed by atoms with van der Waals surface area (Å²) in [6.07, 6.45) is -0.173. The molecule has 72 valence electrons. The summed E-state index contributed by atoms with van der Waals surface area (Å²) in [5, 5.41) is 8.33. The fraction of sp³-hybridized carbons (Fsp3) is 0.200. The molecule has 0 spiro atoms. The molecule has 1 N–H and O–H groups in total. The van der Waals surface area contributed by atoms with E-state index in [0.29, 0.717) is 4.88 Å². The largest absolute Gasteiger partial charge is 0.481 e. The van der Waals surface area contributed by atoms with Crippen LogP contribution in [-0.2, 0) is 4.79 Å². The molecule has 0 aliphatic heterocycles. The Balaban J connectivity index is 2.71. The molecule has 0 aliphatic carbocycles. The standard InChI is InChI=1S/C10H8O3S/c1-7(11)9-6-5-8(14-9)3-2-4-10(12)13/h5-6H,4H2,1H3,(H,12,13). The predicted octanol–water partition coefficient (Wildman–Crippen LogP) is 1.78. The molecule has 0 amide bonds. The summed E-state index contributed by atoms with van der Waals surface area (Å²) in [4.78, 5) is 22.4. The first-order valence-electron chi connectivity index (χ1n) is 3.91. The van der Waals surface area contributed by atoms with Gasteiger partial charge in [-0.05, 0) is 19.1 Å². The number of carboxylic acid groups (broad SMARTS) is 1. The molecular weight excluding hydrogens is 200 g/mol. The van der Waals surface area contributed by atoms with E-state index in [1.165, 1.54) is 18.3 Å². The zero-order chi connectivity index (χ0) is 10.6. The lowest BCUT2D eigenvalue weighted by Gasteiger charge is -1.82. The number of hydrogen-bond acceptors (Lipinski definition) is 3. The Morgan fingerprint density at radius 1 is 1.50 bits per heavy atom. The van der Waals surface area contributed by atoms with E-state index < -0.39 is 5.97 Å². The number of Topliss-reactive ketones (excluding diaryl/α,β-unsaturated/α-hetero) is 1. The number of rotatable bonds is 2. The highest BCUT2D eigenvalue weighted by Crippen LogP contribution is 2.15. The number of hydrogen-bond donors (Lipinski definition) is 1. The molecule has 3 nitrogen and oxygen atoms in total. The molecule has 1 rings (SSSR count). The second kappa shape index (κ2) is 4.58. The van der Waals surface area contributed by atoms with Crippen LogP contribution in [0.2, 0.25) is 0 Å². The fourth-order valence-corrected chi connectivity index (χ4v) is 1.58. The van der Waals surface area contributed by atoms with Crippen molar-refractivity contribution in [1.82, 2.24) is 0 Å². The molecule has 4 heteroatoms. The van der Waals surface area contributed by atoms with Crippen LogP contribution in [0.1, 0.15) is 27.9 Å². The fourth-order valence-electron chi connectivity index (χ4n) is 0.801. The molecule has 0 saturated heterocycles. The van der Waals surface area contributed by atoms with E-state index in [4.69, 9.17) is 5.11 Å². The smallest absolute Gasteiger partial charge is 0.315 e. The van der Waals surface area contributed by atoms with Crippen molar-refractivity contribution in [1.29, 1.82) is 0 Å². The zero-order valence-electron chi connectivity index (χ0n) is 7.53. The quantitative estimate of drug-likeness (QED) is 0.595. The summed E-state index contributed by atoms with van der Waals surface area (Å²) in [6.45, 7) is 1.49. The van der Waals surface area contributed by atoms with Crippen LogP contribution in [0.25, 0.3) is 0 Å². The highest BCUT2D eigenvalue weighted by atomic mass is 32.1. The van der Waals surface area contributed by atoms with Crippen LogP contribution in [0.3, 0.4) is 0 Å². The summed E-state index contributed by atoms with van der Waals surface area (Å²) < 4.78 is 0. The van der Waals surface area contributed by atoms with Gasteiger partial charge in [-0.3, -0.25) is 9.59 Å². The molecule has 0 saturated carbocycles. The van der Waals surface area contributed by atoms with Crippen molar-refractivity contribution in [3.05, 3.63) is 21.9 Å². The first kappa shape index (κ1) is 10.5. The molecule has 0 atom stereocenters. The summed E-state index contributed by atoms with van der Waals surface area (Å²) in [7, 11) is 0. The van der Waals surface area contributed by atoms with Crippen molar-refractivity contribution in [3.8, 4) is 11.8 Å². The van der Waals surface area contributed by atoms with E-state index >= 15 is 0 Å². The SMILES string of the molecule is CC(=O)c1ccc(C#CCC(=O)O)s1. The Labute approximate surface area is 85.4 Å². The number of carboxylic acids is 1. The van der Waals surface area contributed by atoms with Gasteiger partial charge in [-0.25, -0.2) is 0 Å². The first-order valence-corrected chi connectivity index (χ1v) is 4.72. The lowest BCUT2D eigenvalue weighted by Crippen LogP contribution is -1.89. The minimum absolute atomic E-state index is 0.00119. The van der Waals surface area contributed by atoms with Crippen molar-refractivity contribution in [3.63, 3.8) is 0 Å². The van der Waals surface area contributed by atoms with Crippen molar-refractivity contribution in [2.24, 2.45) is 0 Å². The van der Waals surface area contributed by atoms with Gasteiger partial charge in [-0.15, -0.1) is 11.3 Å². The summed E-state index contributed by atoms with van der Waals surface area (Å²) in [6, 6.07) is 3.41. The molecular formula is C10H8O3S. The molecule has 0 fully saturated rings. The van der Waals surface area contributed by atoms with Crippen LogP contribution < -0.4 is 0 Å². The maximum absolute atomic E-state index is 10.9. The van der Waals surface area contributed by atoms with Gasteiger partial charge in [0, 0.05) is 0 Å². The van der Waals surface area contributed by atoms with E-state index in [1.54, 1.807) is 12.1 Å². The molecule has 1 aromatic rings. The summed E-state index contributed by atoms with van der Waals surface area (Å²) >= 11 is 1.28. The number of thiophene rings is 1. The molecule has 0 aliphatic rings. The van der Waals surface area contributed by atoms with Gasteiger partial charge in [0.1, 0.15) is 6.42 Å². The van der Waals surface area contributed by atoms with E-state index in [9.17, 15) is 9.59 Å². The Hall–Kier alpha value is -1.60. The third-order valence-corrected chi connectivity index (χ3v) is 2.51. The second-order valence-corrected chi connectivity index (χ2v) is 3.68. The second-order valence-electron chi connectivity index (χ2n) is 2.59. The zero-order valence-corrected chi connectivity index (χ0v) is 8.35. The highest BCUT2D eigenvalue weighted by Gasteiger charge is 2.01. The highest BCUT2D eigenvalue weighted by molar-refractivity contribution is 7.14. The lowest BCUT2D eigenvalue weighted by molar-refractivity contribution is -0.135. The number of carbonyl (C=O) groups is 2. The van der Waals surface area contributed by atoms with Crippen LogP contribution in [-0.4, -0.2) is 16.9 Å². The summed E-state index contributed by atoms with van der Waals surface area (Å²) in [5.41, 5.74) is 0. The Morgan fingerprint density at radius 3 is 2.71 bits per heavy atom. The van der Waals surface area contributed by atoms with Crippen LogP contribution in [0.15, 0.2) is 12.1 Å². The van der Waals surface area contributed by atoms with Crippen molar-refractivity contribution < 1.29 is 14.7 Å². The Bertz CT molecular complexity index is 420. The van der Waals surface area contributed by atoms with Crippen LogP contribution in [0.4, 0.5) is 0 Å². The van der Waals surface area contributed by atoms with Gasteiger partial charge in [-0.2, -0.15) is 0 Å². The average molecular weight is 208 g/mol. The first-order chi connectivity index (χ1) is 6.59. The van der Waals surface area contributed by atoms with Crippen molar-refractivity contribution in [2.45, 2.75) is 13.3 Å². The van der Waals surface area contributed by atoms with Gasteiger partial charge in [0.05, 0.1) is 9.75 Å². The van der Waals surface area contributed by atoms with Gasteiger partial charge in [-0.1, -0.05) is 11.8 Å². The lowest BCUT2D eigenvalue weighted by atomic mass is 10.3. The minimum atomic E-state index is -0.944. The molecule has 14 heavy (non-hydrogen) atoms. The molecule has 0 unspecified atom stereocenters. The predicted molar refractivity (Wildman–Crippen MR) is 53.5 cm³/mol. The van der Waals surface area contributed by atoms with Crippen LogP contribution >= 0.6 is 11.3 Å². The Morgan fingerprint density at radius 2 is 2.21 bits per heavy atom. The van der Waals surface area contributed by atoms with E-state index in [-0.39, 0.29) is 12.2 Å². The van der Waals surface area contributed by atoms with Crippen molar-refractivity contribution in [2.75, 3.05) is 0 Å². The van der Waals surface area contributed by atoms with E-state index in [1.807, 2.05) is 0 Å². The number of aliphatic carboxylic acids is 1. The number of carbonyl (C=O) groups excluding carboxylic acids is 1. The Kier molecular flexibility index (Phi) is 3.43. The van der Waals surface area contributed by atoms with Gasteiger partial charge >= 0.3 is 5.97 Å². The van der Waals surface area contributed by atoms with E-state index in [0.717, 1.165) is 4.88 Å². The third-order valence-electron chi connectivity index (χ3n) is 1.40. The maximum atomic E-state index is 10.9. The van der Waals surface area contributed by atoms with Crippen LogP contribution in [0.5, 0.6) is 0 Å². The van der Waals surface area contributed by atoms with Crippen molar-refractivity contribution >= 4 is 23.1 Å². The van der Waals surface area contributed by atoms with Gasteiger partial charge in [0.15, 0.2) is 5.78 Å². The minimum Gasteiger partial charge on any atom is -0.481 e.